The van der Waals surface area contributed by atoms with Crippen molar-refractivity contribution in [1.82, 2.24) is 0 Å². The van der Waals surface area contributed by atoms with Crippen molar-refractivity contribution >= 4 is 0 Å². The topological polar surface area (TPSA) is 42.2 Å². The van der Waals surface area contributed by atoms with Gasteiger partial charge in [-0.05, 0) is 26.7 Å². The second kappa shape index (κ2) is 9.50. The first-order valence-electron chi connectivity index (χ1n) is 4.87. The molecule has 0 amide bonds. The summed E-state index contributed by atoms with van der Waals surface area (Å²) in [6.45, 7) is 6.10. The number of rotatable bonds is 8. The predicted octanol–water partition coefficient (Wildman–Crippen LogP) is 2.12. The highest BCUT2D eigenvalue weighted by molar-refractivity contribution is 4.67. The van der Waals surface area contributed by atoms with Gasteiger partial charge in [-0.2, -0.15) is 5.26 Å². The largest absolute Gasteiger partial charge is 0.379 e. The van der Waals surface area contributed by atoms with Gasteiger partial charge in [0.15, 0.2) is 0 Å². The van der Waals surface area contributed by atoms with Gasteiger partial charge in [0.1, 0.15) is 0 Å². The molecule has 0 heterocycles. The van der Waals surface area contributed by atoms with Crippen molar-refractivity contribution in [2.45, 2.75) is 39.2 Å². The molecule has 13 heavy (non-hydrogen) atoms. The highest BCUT2D eigenvalue weighted by Crippen LogP contribution is 1.98. The maximum atomic E-state index is 8.28. The first kappa shape index (κ1) is 12.4. The Kier molecular flexibility index (Phi) is 9.07. The van der Waals surface area contributed by atoms with Gasteiger partial charge in [0, 0.05) is 19.6 Å². The molecular formula is C10H19NO2. The average molecular weight is 185 g/mol. The fraction of sp³-hybridized carbons (Fsp3) is 0.900. The van der Waals surface area contributed by atoms with Gasteiger partial charge in [-0.3, -0.25) is 0 Å². The third-order valence-electron chi connectivity index (χ3n) is 1.64. The van der Waals surface area contributed by atoms with Crippen LogP contribution in [-0.4, -0.2) is 25.9 Å². The van der Waals surface area contributed by atoms with Gasteiger partial charge in [0.05, 0.1) is 18.8 Å². The fourth-order valence-electron chi connectivity index (χ4n) is 0.923. The molecular weight excluding hydrogens is 166 g/mol. The van der Waals surface area contributed by atoms with Crippen LogP contribution in [0, 0.1) is 11.3 Å². The summed E-state index contributed by atoms with van der Waals surface area (Å²) in [6.07, 6.45) is 2.69. The highest BCUT2D eigenvalue weighted by Gasteiger charge is 2.00. The van der Waals surface area contributed by atoms with Crippen molar-refractivity contribution in [2.24, 2.45) is 0 Å². The smallest absolute Gasteiger partial charge is 0.0780 e. The number of hydrogen-bond donors (Lipinski definition) is 0. The number of nitriles is 1. The molecule has 0 N–H and O–H groups in total. The molecule has 1 unspecified atom stereocenters. The Labute approximate surface area is 80.6 Å². The number of hydrogen-bond acceptors (Lipinski definition) is 3. The standard InChI is InChI=1S/C10H19NO2/c1-3-12-9-10(2)13-8-6-4-5-7-11/h10H,3-6,8-9H2,1-2H3. The van der Waals surface area contributed by atoms with Gasteiger partial charge in [0.25, 0.3) is 0 Å². The molecule has 0 radical (unpaired) electrons. The zero-order valence-corrected chi connectivity index (χ0v) is 8.58. The van der Waals surface area contributed by atoms with E-state index in [1.165, 1.54) is 0 Å². The van der Waals surface area contributed by atoms with Gasteiger partial charge in [-0.15, -0.1) is 0 Å². The quantitative estimate of drug-likeness (QED) is 0.544. The molecule has 0 saturated heterocycles. The van der Waals surface area contributed by atoms with Crippen molar-refractivity contribution < 1.29 is 9.47 Å². The summed E-state index contributed by atoms with van der Waals surface area (Å²) in [5.74, 6) is 0. The van der Waals surface area contributed by atoms with E-state index in [2.05, 4.69) is 6.07 Å². The third kappa shape index (κ3) is 9.32. The fourth-order valence-corrected chi connectivity index (χ4v) is 0.923. The van der Waals surface area contributed by atoms with E-state index in [1.54, 1.807) is 0 Å². The third-order valence-corrected chi connectivity index (χ3v) is 1.64. The molecule has 0 aliphatic rings. The molecule has 3 nitrogen and oxygen atoms in total. The lowest BCUT2D eigenvalue weighted by Crippen LogP contribution is -2.16. The predicted molar refractivity (Wildman–Crippen MR) is 51.4 cm³/mol. The lowest BCUT2D eigenvalue weighted by molar-refractivity contribution is -0.00437. The number of unbranched alkanes of at least 4 members (excludes halogenated alkanes) is 2. The minimum absolute atomic E-state index is 0.169. The Morgan fingerprint density at radius 2 is 2.15 bits per heavy atom. The van der Waals surface area contributed by atoms with Gasteiger partial charge in [-0.1, -0.05) is 0 Å². The molecule has 0 saturated carbocycles. The van der Waals surface area contributed by atoms with Crippen molar-refractivity contribution in [3.8, 4) is 6.07 Å². The maximum absolute atomic E-state index is 8.28. The Hall–Kier alpha value is -0.590. The molecule has 3 heteroatoms. The summed E-state index contributed by atoms with van der Waals surface area (Å²) < 4.78 is 10.7. The Balaban J connectivity index is 3.08. The second-order valence-electron chi connectivity index (χ2n) is 2.96. The molecule has 0 aromatic heterocycles. The van der Waals surface area contributed by atoms with Gasteiger partial charge >= 0.3 is 0 Å². The first-order valence-corrected chi connectivity index (χ1v) is 4.87. The van der Waals surface area contributed by atoms with E-state index in [-0.39, 0.29) is 6.10 Å². The van der Waals surface area contributed by atoms with E-state index in [9.17, 15) is 0 Å². The van der Waals surface area contributed by atoms with Crippen LogP contribution in [0.5, 0.6) is 0 Å². The zero-order valence-electron chi connectivity index (χ0n) is 8.58. The van der Waals surface area contributed by atoms with Crippen LogP contribution < -0.4 is 0 Å². The summed E-state index contributed by atoms with van der Waals surface area (Å²) in [7, 11) is 0. The lowest BCUT2D eigenvalue weighted by atomic mass is 10.2. The SMILES string of the molecule is CCOCC(C)OCCCCC#N. The summed E-state index contributed by atoms with van der Waals surface area (Å²) in [5.41, 5.74) is 0. The van der Waals surface area contributed by atoms with Crippen LogP contribution >= 0.6 is 0 Å². The van der Waals surface area contributed by atoms with Crippen molar-refractivity contribution in [3.63, 3.8) is 0 Å². The molecule has 0 aromatic rings. The summed E-state index contributed by atoms with van der Waals surface area (Å²) in [6, 6.07) is 2.11. The van der Waals surface area contributed by atoms with E-state index in [0.29, 0.717) is 13.0 Å². The van der Waals surface area contributed by atoms with Crippen LogP contribution in [-0.2, 0) is 9.47 Å². The Morgan fingerprint density at radius 3 is 2.77 bits per heavy atom. The van der Waals surface area contributed by atoms with E-state index in [1.807, 2.05) is 13.8 Å². The van der Waals surface area contributed by atoms with E-state index < -0.39 is 0 Å². The van der Waals surface area contributed by atoms with Gasteiger partial charge < -0.3 is 9.47 Å². The average Bonchev–Trinajstić information content (AvgIpc) is 2.14. The first-order chi connectivity index (χ1) is 6.31. The Morgan fingerprint density at radius 1 is 1.38 bits per heavy atom. The summed E-state index contributed by atoms with van der Waals surface area (Å²) in [5, 5.41) is 8.28. The lowest BCUT2D eigenvalue weighted by Gasteiger charge is -2.11. The molecule has 0 aliphatic heterocycles. The number of nitrogens with zero attached hydrogens (tertiary/aromatic N) is 1. The normalized spacial score (nSPS) is 12.4. The van der Waals surface area contributed by atoms with Crippen LogP contribution in [0.15, 0.2) is 0 Å². The monoisotopic (exact) mass is 185 g/mol. The minimum Gasteiger partial charge on any atom is -0.379 e. The van der Waals surface area contributed by atoms with Crippen LogP contribution in [0.25, 0.3) is 0 Å². The minimum atomic E-state index is 0.169. The van der Waals surface area contributed by atoms with Crippen molar-refractivity contribution in [3.05, 3.63) is 0 Å². The molecule has 0 rings (SSSR count). The molecule has 0 bridgehead atoms. The summed E-state index contributed by atoms with van der Waals surface area (Å²) >= 11 is 0. The molecule has 0 fully saturated rings. The highest BCUT2D eigenvalue weighted by atomic mass is 16.5. The second-order valence-corrected chi connectivity index (χ2v) is 2.96. The number of ether oxygens (including phenoxy) is 2. The van der Waals surface area contributed by atoms with Gasteiger partial charge in [-0.25, -0.2) is 0 Å². The van der Waals surface area contributed by atoms with Crippen LogP contribution in [0.4, 0.5) is 0 Å². The Bertz CT molecular complexity index is 142. The van der Waals surface area contributed by atoms with Crippen LogP contribution in [0.3, 0.4) is 0 Å². The van der Waals surface area contributed by atoms with Crippen molar-refractivity contribution in [2.75, 3.05) is 19.8 Å². The maximum Gasteiger partial charge on any atom is 0.0780 e. The molecule has 0 spiro atoms. The molecule has 0 aromatic carbocycles. The van der Waals surface area contributed by atoms with Gasteiger partial charge in [0.2, 0.25) is 0 Å². The zero-order chi connectivity index (χ0) is 9.94. The molecule has 1 atom stereocenters. The van der Waals surface area contributed by atoms with Crippen molar-refractivity contribution in [1.29, 1.82) is 5.26 Å². The molecule has 76 valence electrons. The van der Waals surface area contributed by atoms with E-state index in [4.69, 9.17) is 14.7 Å². The van der Waals surface area contributed by atoms with Crippen LogP contribution in [0.2, 0.25) is 0 Å². The van der Waals surface area contributed by atoms with E-state index in [0.717, 1.165) is 26.1 Å². The van der Waals surface area contributed by atoms with Crippen LogP contribution in [0.1, 0.15) is 33.1 Å². The molecule has 0 aliphatic carbocycles. The summed E-state index contributed by atoms with van der Waals surface area (Å²) in [4.78, 5) is 0. The van der Waals surface area contributed by atoms with E-state index >= 15 is 0 Å².